The SMILES string of the molecule is Cn1ccnc1CC1(O)CCC1. The van der Waals surface area contributed by atoms with E-state index < -0.39 is 5.60 Å². The quantitative estimate of drug-likeness (QED) is 0.708. The lowest BCUT2D eigenvalue weighted by Gasteiger charge is -2.36. The molecule has 1 aromatic rings. The van der Waals surface area contributed by atoms with E-state index in [1.165, 1.54) is 0 Å². The molecule has 0 aliphatic heterocycles. The summed E-state index contributed by atoms with van der Waals surface area (Å²) in [5.41, 5.74) is -0.445. The standard InChI is InChI=1S/C9H14N2O/c1-11-6-5-10-8(11)7-9(12)3-2-4-9/h5-6,12H,2-4,7H2,1H3. The molecular formula is C9H14N2O. The fourth-order valence-corrected chi connectivity index (χ4v) is 1.62. The molecule has 1 aromatic heterocycles. The maximum atomic E-state index is 9.85. The van der Waals surface area contributed by atoms with Gasteiger partial charge in [0.05, 0.1) is 5.60 Å². The third kappa shape index (κ3) is 1.25. The fraction of sp³-hybridized carbons (Fsp3) is 0.667. The molecule has 1 fully saturated rings. The normalized spacial score (nSPS) is 20.5. The summed E-state index contributed by atoms with van der Waals surface area (Å²) in [5.74, 6) is 0.984. The smallest absolute Gasteiger partial charge is 0.111 e. The fourth-order valence-electron chi connectivity index (χ4n) is 1.62. The van der Waals surface area contributed by atoms with Crippen molar-refractivity contribution >= 4 is 0 Å². The molecule has 0 atom stereocenters. The van der Waals surface area contributed by atoms with Gasteiger partial charge in [-0.15, -0.1) is 0 Å². The minimum atomic E-state index is -0.445. The monoisotopic (exact) mass is 166 g/mol. The number of aliphatic hydroxyl groups is 1. The van der Waals surface area contributed by atoms with Crippen molar-refractivity contribution in [2.24, 2.45) is 7.05 Å². The van der Waals surface area contributed by atoms with Crippen molar-refractivity contribution in [2.75, 3.05) is 0 Å². The number of aromatic nitrogens is 2. The Morgan fingerprint density at radius 1 is 1.67 bits per heavy atom. The van der Waals surface area contributed by atoms with Crippen molar-refractivity contribution in [2.45, 2.75) is 31.3 Å². The van der Waals surface area contributed by atoms with Crippen LogP contribution in [0.4, 0.5) is 0 Å². The van der Waals surface area contributed by atoms with E-state index in [0.29, 0.717) is 6.42 Å². The number of rotatable bonds is 2. The predicted octanol–water partition coefficient (Wildman–Crippen LogP) is 0.878. The highest BCUT2D eigenvalue weighted by atomic mass is 16.3. The van der Waals surface area contributed by atoms with Crippen molar-refractivity contribution in [3.63, 3.8) is 0 Å². The number of hydrogen-bond acceptors (Lipinski definition) is 2. The van der Waals surface area contributed by atoms with Gasteiger partial charge >= 0.3 is 0 Å². The van der Waals surface area contributed by atoms with Crippen LogP contribution < -0.4 is 0 Å². The molecule has 66 valence electrons. The minimum Gasteiger partial charge on any atom is -0.389 e. The Hall–Kier alpha value is -0.830. The second kappa shape index (κ2) is 2.59. The first-order chi connectivity index (χ1) is 5.70. The average molecular weight is 166 g/mol. The first-order valence-corrected chi connectivity index (χ1v) is 4.38. The van der Waals surface area contributed by atoms with E-state index in [2.05, 4.69) is 4.98 Å². The molecule has 0 amide bonds. The Bertz CT molecular complexity index is 276. The number of aryl methyl sites for hydroxylation is 1. The molecule has 1 heterocycles. The van der Waals surface area contributed by atoms with E-state index in [1.807, 2.05) is 17.8 Å². The van der Waals surface area contributed by atoms with Crippen molar-refractivity contribution in [1.29, 1.82) is 0 Å². The molecule has 2 rings (SSSR count). The maximum absolute atomic E-state index is 9.85. The van der Waals surface area contributed by atoms with Gasteiger partial charge in [0, 0.05) is 25.9 Å². The molecule has 12 heavy (non-hydrogen) atoms. The van der Waals surface area contributed by atoms with Crippen LogP contribution in [0.3, 0.4) is 0 Å². The minimum absolute atomic E-state index is 0.445. The van der Waals surface area contributed by atoms with Crippen LogP contribution in [0.5, 0.6) is 0 Å². The van der Waals surface area contributed by atoms with E-state index in [9.17, 15) is 5.11 Å². The van der Waals surface area contributed by atoms with E-state index in [-0.39, 0.29) is 0 Å². The van der Waals surface area contributed by atoms with Gasteiger partial charge in [-0.25, -0.2) is 4.98 Å². The molecule has 0 unspecified atom stereocenters. The molecule has 0 bridgehead atoms. The highest BCUT2D eigenvalue weighted by Gasteiger charge is 2.35. The molecule has 1 saturated carbocycles. The number of hydrogen-bond donors (Lipinski definition) is 1. The third-order valence-electron chi connectivity index (χ3n) is 2.69. The van der Waals surface area contributed by atoms with Gasteiger partial charge in [-0.05, 0) is 19.3 Å². The summed E-state index contributed by atoms with van der Waals surface area (Å²) in [4.78, 5) is 4.19. The van der Waals surface area contributed by atoms with Crippen LogP contribution in [-0.2, 0) is 13.5 Å². The van der Waals surface area contributed by atoms with Crippen LogP contribution in [0.2, 0.25) is 0 Å². The summed E-state index contributed by atoms with van der Waals surface area (Å²) in [6.07, 6.45) is 7.41. The summed E-state index contributed by atoms with van der Waals surface area (Å²) in [6, 6.07) is 0. The van der Waals surface area contributed by atoms with Gasteiger partial charge in [0.1, 0.15) is 5.82 Å². The molecule has 1 aliphatic rings. The van der Waals surface area contributed by atoms with Crippen LogP contribution in [0, 0.1) is 0 Å². The van der Waals surface area contributed by atoms with Crippen molar-refractivity contribution < 1.29 is 5.11 Å². The Labute approximate surface area is 72.0 Å². The summed E-state index contributed by atoms with van der Waals surface area (Å²) in [6.45, 7) is 0. The van der Waals surface area contributed by atoms with Gasteiger partial charge in [-0.1, -0.05) is 0 Å². The van der Waals surface area contributed by atoms with Crippen LogP contribution in [0.15, 0.2) is 12.4 Å². The molecule has 0 spiro atoms. The first-order valence-electron chi connectivity index (χ1n) is 4.38. The Morgan fingerprint density at radius 3 is 2.83 bits per heavy atom. The summed E-state index contributed by atoms with van der Waals surface area (Å²) >= 11 is 0. The average Bonchev–Trinajstić information content (AvgIpc) is 2.34. The summed E-state index contributed by atoms with van der Waals surface area (Å²) in [7, 11) is 1.96. The van der Waals surface area contributed by atoms with Gasteiger partial charge in [0.15, 0.2) is 0 Å². The summed E-state index contributed by atoms with van der Waals surface area (Å²) in [5, 5.41) is 9.85. The largest absolute Gasteiger partial charge is 0.389 e. The van der Waals surface area contributed by atoms with Gasteiger partial charge in [0.25, 0.3) is 0 Å². The Balaban J connectivity index is 2.08. The van der Waals surface area contributed by atoms with Crippen LogP contribution in [0.25, 0.3) is 0 Å². The lowest BCUT2D eigenvalue weighted by molar-refractivity contribution is -0.0343. The van der Waals surface area contributed by atoms with Gasteiger partial charge in [-0.3, -0.25) is 0 Å². The van der Waals surface area contributed by atoms with E-state index >= 15 is 0 Å². The van der Waals surface area contributed by atoms with Crippen LogP contribution in [-0.4, -0.2) is 20.3 Å². The lowest BCUT2D eigenvalue weighted by atomic mass is 9.78. The maximum Gasteiger partial charge on any atom is 0.111 e. The van der Waals surface area contributed by atoms with E-state index in [0.717, 1.165) is 25.1 Å². The highest BCUT2D eigenvalue weighted by molar-refractivity contribution is 5.01. The third-order valence-corrected chi connectivity index (χ3v) is 2.69. The Kier molecular flexibility index (Phi) is 1.68. The van der Waals surface area contributed by atoms with Gasteiger partial charge in [-0.2, -0.15) is 0 Å². The Morgan fingerprint density at radius 2 is 2.42 bits per heavy atom. The highest BCUT2D eigenvalue weighted by Crippen LogP contribution is 2.34. The predicted molar refractivity (Wildman–Crippen MR) is 45.7 cm³/mol. The van der Waals surface area contributed by atoms with Crippen LogP contribution in [0.1, 0.15) is 25.1 Å². The van der Waals surface area contributed by atoms with Crippen LogP contribution >= 0.6 is 0 Å². The number of imidazole rings is 1. The van der Waals surface area contributed by atoms with Crippen molar-refractivity contribution in [3.8, 4) is 0 Å². The summed E-state index contributed by atoms with van der Waals surface area (Å²) < 4.78 is 1.97. The molecule has 3 nitrogen and oxygen atoms in total. The molecule has 3 heteroatoms. The van der Waals surface area contributed by atoms with Gasteiger partial charge < -0.3 is 9.67 Å². The molecule has 1 aliphatic carbocycles. The van der Waals surface area contributed by atoms with Crippen molar-refractivity contribution in [1.82, 2.24) is 9.55 Å². The molecule has 0 aromatic carbocycles. The first kappa shape index (κ1) is 7.80. The van der Waals surface area contributed by atoms with Crippen molar-refractivity contribution in [3.05, 3.63) is 18.2 Å². The molecule has 0 saturated heterocycles. The zero-order valence-corrected chi connectivity index (χ0v) is 7.32. The van der Waals surface area contributed by atoms with E-state index in [4.69, 9.17) is 0 Å². The second-order valence-electron chi connectivity index (χ2n) is 3.71. The van der Waals surface area contributed by atoms with E-state index in [1.54, 1.807) is 6.20 Å². The topological polar surface area (TPSA) is 38.0 Å². The zero-order valence-electron chi connectivity index (χ0n) is 7.32. The van der Waals surface area contributed by atoms with Gasteiger partial charge in [0.2, 0.25) is 0 Å². The second-order valence-corrected chi connectivity index (χ2v) is 3.71. The number of nitrogens with zero attached hydrogens (tertiary/aromatic N) is 2. The molecule has 1 N–H and O–H groups in total. The zero-order chi connectivity index (χ0) is 8.60. The molecular weight excluding hydrogens is 152 g/mol. The molecule has 0 radical (unpaired) electrons. The lowest BCUT2D eigenvalue weighted by Crippen LogP contribution is -2.39.